The Morgan fingerprint density at radius 2 is 1.79 bits per heavy atom. The molecule has 0 atom stereocenters. The lowest BCUT2D eigenvalue weighted by molar-refractivity contribution is -0.130. The van der Waals surface area contributed by atoms with Crippen LogP contribution < -0.4 is 5.32 Å². The van der Waals surface area contributed by atoms with E-state index < -0.39 is 0 Å². The minimum atomic E-state index is 0.0178. The van der Waals surface area contributed by atoms with Crippen molar-refractivity contribution in [3.63, 3.8) is 0 Å². The lowest BCUT2D eigenvalue weighted by Gasteiger charge is -2.34. The summed E-state index contributed by atoms with van der Waals surface area (Å²) in [7, 11) is 0. The Bertz CT molecular complexity index is 345. The Kier molecular flexibility index (Phi) is 6.56. The van der Waals surface area contributed by atoms with E-state index in [0.29, 0.717) is 6.54 Å². The van der Waals surface area contributed by atoms with Gasteiger partial charge in [0.2, 0.25) is 11.8 Å². The van der Waals surface area contributed by atoms with Crippen molar-refractivity contribution in [2.45, 2.75) is 27.2 Å². The maximum absolute atomic E-state index is 11.7. The first-order valence-electron chi connectivity index (χ1n) is 6.97. The molecule has 2 amide bonds. The molecule has 0 saturated carbocycles. The number of allylic oxidation sites excluding steroid dienone is 1. The van der Waals surface area contributed by atoms with Crippen molar-refractivity contribution in [3.05, 3.63) is 11.6 Å². The number of amides is 2. The average Bonchev–Trinajstić information content (AvgIpc) is 2.39. The Hall–Kier alpha value is -1.36. The number of piperazine rings is 1. The van der Waals surface area contributed by atoms with E-state index >= 15 is 0 Å². The molecule has 1 saturated heterocycles. The minimum Gasteiger partial charge on any atom is -0.351 e. The van der Waals surface area contributed by atoms with Gasteiger partial charge >= 0.3 is 0 Å². The van der Waals surface area contributed by atoms with Gasteiger partial charge in [0, 0.05) is 51.8 Å². The van der Waals surface area contributed by atoms with Crippen LogP contribution in [0.2, 0.25) is 0 Å². The SMILES string of the molecule is CC/C=C(\C)C(=O)NCCN1CCN(C(C)=O)CC1. The molecule has 0 aromatic carbocycles. The van der Waals surface area contributed by atoms with E-state index in [1.807, 2.05) is 24.8 Å². The second-order valence-corrected chi connectivity index (χ2v) is 4.90. The molecule has 1 rings (SSSR count). The van der Waals surface area contributed by atoms with Crippen LogP contribution in [-0.2, 0) is 9.59 Å². The highest BCUT2D eigenvalue weighted by Gasteiger charge is 2.18. The molecule has 19 heavy (non-hydrogen) atoms. The molecule has 1 heterocycles. The van der Waals surface area contributed by atoms with Crippen LogP contribution in [0.5, 0.6) is 0 Å². The van der Waals surface area contributed by atoms with Gasteiger partial charge in [0.25, 0.3) is 0 Å². The average molecular weight is 267 g/mol. The van der Waals surface area contributed by atoms with Crippen molar-refractivity contribution in [2.24, 2.45) is 0 Å². The van der Waals surface area contributed by atoms with Gasteiger partial charge in [-0.1, -0.05) is 13.0 Å². The van der Waals surface area contributed by atoms with Crippen LogP contribution >= 0.6 is 0 Å². The molecule has 1 N–H and O–H groups in total. The van der Waals surface area contributed by atoms with E-state index in [9.17, 15) is 9.59 Å². The standard InChI is InChI=1S/C14H25N3O2/c1-4-5-12(2)14(19)15-6-7-16-8-10-17(11-9-16)13(3)18/h5H,4,6-11H2,1-3H3,(H,15,19)/b12-5+. The summed E-state index contributed by atoms with van der Waals surface area (Å²) >= 11 is 0. The summed E-state index contributed by atoms with van der Waals surface area (Å²) in [5, 5.41) is 2.92. The monoisotopic (exact) mass is 267 g/mol. The second kappa shape index (κ2) is 7.94. The van der Waals surface area contributed by atoms with Crippen molar-refractivity contribution < 1.29 is 9.59 Å². The highest BCUT2D eigenvalue weighted by Crippen LogP contribution is 2.01. The minimum absolute atomic E-state index is 0.0178. The highest BCUT2D eigenvalue weighted by atomic mass is 16.2. The summed E-state index contributed by atoms with van der Waals surface area (Å²) in [5.74, 6) is 0.164. The molecule has 108 valence electrons. The van der Waals surface area contributed by atoms with Gasteiger partial charge in [0.15, 0.2) is 0 Å². The molecular formula is C14H25N3O2. The Morgan fingerprint density at radius 3 is 2.32 bits per heavy atom. The fraction of sp³-hybridized carbons (Fsp3) is 0.714. The van der Waals surface area contributed by atoms with Gasteiger partial charge in [0.1, 0.15) is 0 Å². The summed E-state index contributed by atoms with van der Waals surface area (Å²) in [6.45, 7) is 10.3. The lowest BCUT2D eigenvalue weighted by atomic mass is 10.2. The molecule has 0 bridgehead atoms. The fourth-order valence-electron chi connectivity index (χ4n) is 2.15. The van der Waals surface area contributed by atoms with Crippen molar-refractivity contribution >= 4 is 11.8 Å². The van der Waals surface area contributed by atoms with E-state index in [-0.39, 0.29) is 11.8 Å². The maximum atomic E-state index is 11.7. The predicted octanol–water partition coefficient (Wildman–Crippen LogP) is 0.623. The summed E-state index contributed by atoms with van der Waals surface area (Å²) in [6, 6.07) is 0. The van der Waals surface area contributed by atoms with Gasteiger partial charge < -0.3 is 10.2 Å². The number of carbonyl (C=O) groups is 2. The van der Waals surface area contributed by atoms with E-state index in [4.69, 9.17) is 0 Å². The molecule has 1 aliphatic rings. The van der Waals surface area contributed by atoms with Gasteiger partial charge in [-0.15, -0.1) is 0 Å². The first-order valence-corrected chi connectivity index (χ1v) is 6.97. The molecule has 5 nitrogen and oxygen atoms in total. The van der Waals surface area contributed by atoms with Gasteiger partial charge in [-0.05, 0) is 13.3 Å². The zero-order valence-electron chi connectivity index (χ0n) is 12.2. The molecule has 0 aromatic rings. The smallest absolute Gasteiger partial charge is 0.246 e. The topological polar surface area (TPSA) is 52.7 Å². The number of carbonyl (C=O) groups excluding carboxylic acids is 2. The molecule has 5 heteroatoms. The quantitative estimate of drug-likeness (QED) is 0.743. The number of hydrogen-bond donors (Lipinski definition) is 1. The van der Waals surface area contributed by atoms with Crippen LogP contribution in [0.1, 0.15) is 27.2 Å². The first-order chi connectivity index (χ1) is 9.04. The van der Waals surface area contributed by atoms with Gasteiger partial charge in [-0.25, -0.2) is 0 Å². The van der Waals surface area contributed by atoms with E-state index in [2.05, 4.69) is 10.2 Å². The lowest BCUT2D eigenvalue weighted by Crippen LogP contribution is -2.49. The third-order valence-electron chi connectivity index (χ3n) is 3.40. The predicted molar refractivity (Wildman–Crippen MR) is 75.8 cm³/mol. The highest BCUT2D eigenvalue weighted by molar-refractivity contribution is 5.92. The van der Waals surface area contributed by atoms with E-state index in [1.54, 1.807) is 6.92 Å². The molecule has 0 aliphatic carbocycles. The van der Waals surface area contributed by atoms with E-state index in [0.717, 1.165) is 44.7 Å². The third-order valence-corrected chi connectivity index (χ3v) is 3.40. The largest absolute Gasteiger partial charge is 0.351 e. The van der Waals surface area contributed by atoms with Crippen molar-refractivity contribution in [1.82, 2.24) is 15.1 Å². The Balaban J connectivity index is 2.19. The molecule has 0 unspecified atom stereocenters. The zero-order chi connectivity index (χ0) is 14.3. The Labute approximate surface area is 115 Å². The number of nitrogens with zero attached hydrogens (tertiary/aromatic N) is 2. The van der Waals surface area contributed by atoms with Crippen molar-refractivity contribution in [2.75, 3.05) is 39.3 Å². The molecule has 1 aliphatic heterocycles. The van der Waals surface area contributed by atoms with Gasteiger partial charge in [-0.2, -0.15) is 0 Å². The summed E-state index contributed by atoms with van der Waals surface area (Å²) < 4.78 is 0. The van der Waals surface area contributed by atoms with Gasteiger partial charge in [-0.3, -0.25) is 14.5 Å². The third kappa shape index (κ3) is 5.42. The molecule has 1 fully saturated rings. The van der Waals surface area contributed by atoms with Crippen molar-refractivity contribution in [1.29, 1.82) is 0 Å². The summed E-state index contributed by atoms with van der Waals surface area (Å²) in [4.78, 5) is 27.0. The summed E-state index contributed by atoms with van der Waals surface area (Å²) in [6.07, 6.45) is 2.81. The first kappa shape index (κ1) is 15.7. The van der Waals surface area contributed by atoms with Crippen LogP contribution in [0.3, 0.4) is 0 Å². The zero-order valence-corrected chi connectivity index (χ0v) is 12.2. The fourth-order valence-corrected chi connectivity index (χ4v) is 2.15. The second-order valence-electron chi connectivity index (χ2n) is 4.90. The van der Waals surface area contributed by atoms with Crippen LogP contribution in [0.4, 0.5) is 0 Å². The number of hydrogen-bond acceptors (Lipinski definition) is 3. The summed E-state index contributed by atoms with van der Waals surface area (Å²) in [5.41, 5.74) is 0.781. The molecule has 0 radical (unpaired) electrons. The van der Waals surface area contributed by atoms with Crippen molar-refractivity contribution in [3.8, 4) is 0 Å². The maximum Gasteiger partial charge on any atom is 0.246 e. The van der Waals surface area contributed by atoms with Crippen LogP contribution in [0.15, 0.2) is 11.6 Å². The number of nitrogens with one attached hydrogen (secondary N) is 1. The number of rotatable bonds is 5. The van der Waals surface area contributed by atoms with Crippen LogP contribution in [0, 0.1) is 0 Å². The van der Waals surface area contributed by atoms with Crippen LogP contribution in [0.25, 0.3) is 0 Å². The normalized spacial score (nSPS) is 17.4. The Morgan fingerprint density at radius 1 is 1.16 bits per heavy atom. The van der Waals surface area contributed by atoms with E-state index in [1.165, 1.54) is 0 Å². The van der Waals surface area contributed by atoms with Crippen LogP contribution in [-0.4, -0.2) is 60.9 Å². The molecule has 0 aromatic heterocycles. The van der Waals surface area contributed by atoms with Gasteiger partial charge in [0.05, 0.1) is 0 Å². The molecule has 0 spiro atoms. The molecular weight excluding hydrogens is 242 g/mol.